The first kappa shape index (κ1) is 16.2. The molecule has 0 spiro atoms. The van der Waals surface area contributed by atoms with Gasteiger partial charge in [-0.3, -0.25) is 4.21 Å². The molecule has 21 heavy (non-hydrogen) atoms. The summed E-state index contributed by atoms with van der Waals surface area (Å²) in [4.78, 5) is 0.499. The van der Waals surface area contributed by atoms with Crippen LogP contribution >= 0.6 is 0 Å². The van der Waals surface area contributed by atoms with Crippen LogP contribution in [0.4, 0.5) is 0 Å². The van der Waals surface area contributed by atoms with E-state index in [2.05, 4.69) is 19.9 Å². The Balaban J connectivity index is 2.62. The highest BCUT2D eigenvalue weighted by Crippen LogP contribution is 2.30. The fourth-order valence-corrected chi connectivity index (χ4v) is 3.54. The zero-order valence-electron chi connectivity index (χ0n) is 12.9. The van der Waals surface area contributed by atoms with Crippen molar-refractivity contribution in [2.75, 3.05) is 0 Å². The van der Waals surface area contributed by atoms with Gasteiger partial charge in [-0.05, 0) is 58.7 Å². The number of hydrogen-bond donors (Lipinski definition) is 0. The molecule has 0 aliphatic carbocycles. The second-order valence-corrected chi connectivity index (χ2v) is 6.39. The highest BCUT2D eigenvalue weighted by molar-refractivity contribution is 7.79. The second-order valence-electron chi connectivity index (χ2n) is 5.51. The van der Waals surface area contributed by atoms with Gasteiger partial charge >= 0.3 is 0 Å². The Labute approximate surface area is 129 Å². The van der Waals surface area contributed by atoms with E-state index in [1.807, 2.05) is 24.3 Å². The Morgan fingerprint density at radius 1 is 0.952 bits per heavy atom. The van der Waals surface area contributed by atoms with Gasteiger partial charge in [-0.25, -0.2) is 0 Å². The molecule has 0 N–H and O–H groups in total. The van der Waals surface area contributed by atoms with Crippen molar-refractivity contribution >= 4 is 21.9 Å². The van der Waals surface area contributed by atoms with Crippen LogP contribution in [0.5, 0.6) is 0 Å². The molecule has 3 heteroatoms. The van der Waals surface area contributed by atoms with E-state index >= 15 is 0 Å². The maximum atomic E-state index is 11.7. The molecule has 0 aromatic heterocycles. The minimum Gasteiger partial charge on any atom is -0.768 e. The highest BCUT2D eigenvalue weighted by atomic mass is 32.2. The molecule has 2 aromatic carbocycles. The van der Waals surface area contributed by atoms with Crippen molar-refractivity contribution in [2.24, 2.45) is 0 Å². The van der Waals surface area contributed by atoms with Crippen LogP contribution in [0.1, 0.15) is 50.7 Å². The maximum Gasteiger partial charge on any atom is 0.0359 e. The lowest BCUT2D eigenvalue weighted by molar-refractivity contribution is 0.536. The van der Waals surface area contributed by atoms with Gasteiger partial charge in [-0.2, -0.15) is 0 Å². The molecular weight excluding hydrogens is 280 g/mol. The molecule has 0 radical (unpaired) electrons. The molecule has 0 aliphatic heterocycles. The largest absolute Gasteiger partial charge is 0.768 e. The SMILES string of the molecule is CCCCc1cc(CCCC)c2ccccc2c1S(=O)[O-]. The molecule has 0 amide bonds. The minimum absolute atomic E-state index is 0.499. The average Bonchev–Trinajstić information content (AvgIpc) is 2.49. The van der Waals surface area contributed by atoms with Crippen molar-refractivity contribution in [3.05, 3.63) is 41.5 Å². The van der Waals surface area contributed by atoms with Crippen molar-refractivity contribution in [2.45, 2.75) is 57.3 Å². The Morgan fingerprint density at radius 3 is 2.10 bits per heavy atom. The van der Waals surface area contributed by atoms with Gasteiger partial charge in [-0.1, -0.05) is 57.0 Å². The fraction of sp³-hybridized carbons (Fsp3) is 0.444. The van der Waals surface area contributed by atoms with Gasteiger partial charge in [0, 0.05) is 4.90 Å². The Morgan fingerprint density at radius 2 is 1.52 bits per heavy atom. The highest BCUT2D eigenvalue weighted by Gasteiger charge is 2.12. The average molecular weight is 303 g/mol. The molecule has 114 valence electrons. The Bertz CT molecular complexity index is 634. The summed E-state index contributed by atoms with van der Waals surface area (Å²) >= 11 is -2.18. The predicted molar refractivity (Wildman–Crippen MR) is 88.4 cm³/mol. The predicted octanol–water partition coefficient (Wildman–Crippen LogP) is 4.76. The summed E-state index contributed by atoms with van der Waals surface area (Å²) in [6, 6.07) is 10.0. The maximum absolute atomic E-state index is 11.7. The molecule has 0 saturated carbocycles. The van der Waals surface area contributed by atoms with Crippen molar-refractivity contribution in [3.63, 3.8) is 0 Å². The van der Waals surface area contributed by atoms with E-state index in [4.69, 9.17) is 0 Å². The van der Waals surface area contributed by atoms with E-state index in [-0.39, 0.29) is 0 Å². The van der Waals surface area contributed by atoms with Gasteiger partial charge in [0.05, 0.1) is 0 Å². The molecule has 1 unspecified atom stereocenters. The minimum atomic E-state index is -2.18. The lowest BCUT2D eigenvalue weighted by atomic mass is 9.95. The monoisotopic (exact) mass is 303 g/mol. The molecule has 2 rings (SSSR count). The van der Waals surface area contributed by atoms with Crippen LogP contribution in [0.15, 0.2) is 35.2 Å². The van der Waals surface area contributed by atoms with Crippen LogP contribution in [0.2, 0.25) is 0 Å². The van der Waals surface area contributed by atoms with Crippen molar-refractivity contribution < 1.29 is 8.76 Å². The lowest BCUT2D eigenvalue weighted by Crippen LogP contribution is -2.02. The smallest absolute Gasteiger partial charge is 0.0359 e. The van der Waals surface area contributed by atoms with Crippen molar-refractivity contribution in [1.82, 2.24) is 0 Å². The third-order valence-corrected chi connectivity index (χ3v) is 4.74. The number of fused-ring (bicyclic) bond motifs is 1. The molecule has 0 bridgehead atoms. The van der Waals surface area contributed by atoms with E-state index < -0.39 is 11.1 Å². The van der Waals surface area contributed by atoms with Gasteiger partial charge < -0.3 is 4.55 Å². The molecular formula is C18H23O2S-. The molecule has 2 aromatic rings. The van der Waals surface area contributed by atoms with Crippen LogP contribution in [-0.4, -0.2) is 8.76 Å². The third kappa shape index (κ3) is 3.72. The van der Waals surface area contributed by atoms with E-state index in [9.17, 15) is 8.76 Å². The number of aryl methyl sites for hydroxylation is 2. The van der Waals surface area contributed by atoms with Crippen LogP contribution in [-0.2, 0) is 23.9 Å². The van der Waals surface area contributed by atoms with E-state index in [0.29, 0.717) is 4.90 Å². The number of unbranched alkanes of at least 4 members (excludes halogenated alkanes) is 2. The quantitative estimate of drug-likeness (QED) is 0.692. The first-order valence-corrected chi connectivity index (χ1v) is 8.89. The summed E-state index contributed by atoms with van der Waals surface area (Å²) < 4.78 is 23.4. The first-order valence-electron chi connectivity index (χ1n) is 7.81. The van der Waals surface area contributed by atoms with E-state index in [1.54, 1.807) is 0 Å². The Hall–Kier alpha value is -1.19. The van der Waals surface area contributed by atoms with Gasteiger partial charge in [0.15, 0.2) is 0 Å². The van der Waals surface area contributed by atoms with E-state index in [0.717, 1.165) is 54.9 Å². The van der Waals surface area contributed by atoms with Gasteiger partial charge in [0.2, 0.25) is 0 Å². The van der Waals surface area contributed by atoms with Crippen molar-refractivity contribution in [1.29, 1.82) is 0 Å². The van der Waals surface area contributed by atoms with Crippen molar-refractivity contribution in [3.8, 4) is 0 Å². The summed E-state index contributed by atoms with van der Waals surface area (Å²) in [7, 11) is 0. The summed E-state index contributed by atoms with van der Waals surface area (Å²) in [5.74, 6) is 0. The first-order chi connectivity index (χ1) is 10.2. The summed E-state index contributed by atoms with van der Waals surface area (Å²) in [6.07, 6.45) is 6.23. The summed E-state index contributed by atoms with van der Waals surface area (Å²) in [5.41, 5.74) is 2.27. The van der Waals surface area contributed by atoms with Gasteiger partial charge in [0.1, 0.15) is 0 Å². The number of benzene rings is 2. The Kier molecular flexibility index (Phi) is 5.95. The lowest BCUT2D eigenvalue weighted by Gasteiger charge is -2.18. The second kappa shape index (κ2) is 7.71. The van der Waals surface area contributed by atoms with E-state index in [1.165, 1.54) is 5.56 Å². The number of rotatable bonds is 7. The zero-order valence-corrected chi connectivity index (χ0v) is 13.7. The fourth-order valence-electron chi connectivity index (χ4n) is 2.81. The van der Waals surface area contributed by atoms with Crippen LogP contribution in [0.25, 0.3) is 10.8 Å². The molecule has 0 aliphatic rings. The zero-order chi connectivity index (χ0) is 15.2. The molecule has 0 fully saturated rings. The molecule has 1 atom stereocenters. The van der Waals surface area contributed by atoms with Crippen LogP contribution in [0.3, 0.4) is 0 Å². The van der Waals surface area contributed by atoms with Crippen LogP contribution < -0.4 is 0 Å². The molecule has 0 heterocycles. The third-order valence-electron chi connectivity index (χ3n) is 3.92. The molecule has 0 saturated heterocycles. The van der Waals surface area contributed by atoms with Gasteiger partial charge in [-0.15, -0.1) is 0 Å². The molecule has 2 nitrogen and oxygen atoms in total. The topological polar surface area (TPSA) is 40.1 Å². The van der Waals surface area contributed by atoms with Crippen LogP contribution in [0, 0.1) is 0 Å². The summed E-state index contributed by atoms with van der Waals surface area (Å²) in [6.45, 7) is 4.31. The number of hydrogen-bond acceptors (Lipinski definition) is 2. The van der Waals surface area contributed by atoms with Gasteiger partial charge in [0.25, 0.3) is 0 Å². The normalized spacial score (nSPS) is 12.7. The summed E-state index contributed by atoms with van der Waals surface area (Å²) in [5, 5.41) is 1.97. The standard InChI is InChI=1S/C18H24O2S/c1-3-5-9-14-13-15(10-6-4-2)18(21(19)20)17-12-8-7-11-16(14)17/h7-8,11-13H,3-6,9-10H2,1-2H3,(H,19,20)/p-1.